The molecule has 108 valence electrons. The highest BCUT2D eigenvalue weighted by Crippen LogP contribution is 2.40. The van der Waals surface area contributed by atoms with Gasteiger partial charge in [0.25, 0.3) is 0 Å². The molecule has 4 rings (SSSR count). The molecule has 3 aliphatic rings. The maximum Gasteiger partial charge on any atom is 0.304 e. The fourth-order valence-corrected chi connectivity index (χ4v) is 2.59. The molecular weight excluding hydrogens is 258 g/mol. The van der Waals surface area contributed by atoms with Crippen LogP contribution >= 0.6 is 0 Å². The van der Waals surface area contributed by atoms with Crippen LogP contribution in [0.1, 0.15) is 12.5 Å². The van der Waals surface area contributed by atoms with Crippen molar-refractivity contribution in [3.05, 3.63) is 35.9 Å². The lowest BCUT2D eigenvalue weighted by atomic mass is 9.90. The predicted octanol–water partition coefficient (Wildman–Crippen LogP) is 1.08. The number of carbonyl (C=O) groups excluding carboxylic acids is 1. The quantitative estimate of drug-likeness (QED) is 0.818. The number of nitrogens with one attached hydrogen (secondary N) is 1. The molecule has 0 radical (unpaired) electrons. The van der Waals surface area contributed by atoms with Crippen LogP contribution < -0.4 is 5.32 Å². The molecule has 1 N–H and O–H groups in total. The van der Waals surface area contributed by atoms with Crippen LogP contribution in [0.5, 0.6) is 0 Å². The number of hydrogen-bond donors (Lipinski definition) is 1. The number of ether oxygens (including phenoxy) is 3. The van der Waals surface area contributed by atoms with Gasteiger partial charge in [-0.15, -0.1) is 0 Å². The summed E-state index contributed by atoms with van der Waals surface area (Å²) < 4.78 is 17.4. The minimum atomic E-state index is -1.16. The first-order valence-corrected chi connectivity index (χ1v) is 6.81. The average Bonchev–Trinajstić information content (AvgIpc) is 2.49. The third-order valence-electron chi connectivity index (χ3n) is 3.84. The maximum absolute atomic E-state index is 10.9. The van der Waals surface area contributed by atoms with Gasteiger partial charge in [-0.1, -0.05) is 37.3 Å². The molecule has 5 heteroatoms. The lowest BCUT2D eigenvalue weighted by Gasteiger charge is -2.52. The Bertz CT molecular complexity index is 451. The lowest BCUT2D eigenvalue weighted by Crippen LogP contribution is -2.67. The second-order valence-corrected chi connectivity index (χ2v) is 5.81. The van der Waals surface area contributed by atoms with E-state index in [1.807, 2.05) is 30.3 Å². The lowest BCUT2D eigenvalue weighted by molar-refractivity contribution is -0.473. The Morgan fingerprint density at radius 3 is 2.35 bits per heavy atom. The van der Waals surface area contributed by atoms with Crippen LogP contribution in [0.25, 0.3) is 0 Å². The highest BCUT2D eigenvalue weighted by atomic mass is 16.9. The second-order valence-electron chi connectivity index (χ2n) is 5.81. The summed E-state index contributed by atoms with van der Waals surface area (Å²) in [7, 11) is 0. The molecular formula is C15H19NO4. The van der Waals surface area contributed by atoms with E-state index in [0.29, 0.717) is 32.7 Å². The third-order valence-corrected chi connectivity index (χ3v) is 3.84. The van der Waals surface area contributed by atoms with Crippen molar-refractivity contribution in [2.45, 2.75) is 25.4 Å². The zero-order valence-corrected chi connectivity index (χ0v) is 11.5. The Kier molecular flexibility index (Phi) is 3.50. The van der Waals surface area contributed by atoms with Crippen LogP contribution in [0.2, 0.25) is 0 Å². The molecule has 0 saturated carbocycles. The van der Waals surface area contributed by atoms with Gasteiger partial charge in [-0.25, -0.2) is 0 Å². The van der Waals surface area contributed by atoms with Crippen LogP contribution in [0.3, 0.4) is 0 Å². The molecule has 0 aliphatic carbocycles. The van der Waals surface area contributed by atoms with Crippen molar-refractivity contribution in [1.29, 1.82) is 0 Å². The van der Waals surface area contributed by atoms with Gasteiger partial charge in [-0.2, -0.15) is 0 Å². The Balaban J connectivity index is 1.78. The first kappa shape index (κ1) is 13.5. The van der Waals surface area contributed by atoms with E-state index in [1.165, 1.54) is 0 Å². The predicted molar refractivity (Wildman–Crippen MR) is 71.8 cm³/mol. The number of amides is 1. The summed E-state index contributed by atoms with van der Waals surface area (Å²) in [5.74, 6) is -1.16. The fraction of sp³-hybridized carbons (Fsp3) is 0.533. The Labute approximate surface area is 118 Å². The van der Waals surface area contributed by atoms with Gasteiger partial charge in [-0.05, 0) is 5.56 Å². The SMILES string of the molecule is CC12COC([C@H](Cc3ccccc3)NC=O)(OC1)OC2. The van der Waals surface area contributed by atoms with Crippen molar-refractivity contribution < 1.29 is 19.0 Å². The Morgan fingerprint density at radius 2 is 1.80 bits per heavy atom. The molecule has 1 aromatic rings. The Hall–Kier alpha value is -1.43. The average molecular weight is 277 g/mol. The van der Waals surface area contributed by atoms with Gasteiger partial charge in [0.1, 0.15) is 6.04 Å². The van der Waals surface area contributed by atoms with Crippen LogP contribution in [0.4, 0.5) is 0 Å². The van der Waals surface area contributed by atoms with Crippen molar-refractivity contribution in [2.75, 3.05) is 19.8 Å². The first-order valence-electron chi connectivity index (χ1n) is 6.81. The molecule has 3 saturated heterocycles. The summed E-state index contributed by atoms with van der Waals surface area (Å²) in [6.45, 7) is 3.81. The summed E-state index contributed by atoms with van der Waals surface area (Å²) in [4.78, 5) is 10.9. The molecule has 3 fully saturated rings. The standard InChI is InChI=1S/C15H19NO4/c1-14-8-18-15(19-9-14,20-10-14)13(16-11-17)7-12-5-3-2-4-6-12/h2-6,11,13H,7-10H2,1H3,(H,16,17)/t13-,14?,15?/m0/s1. The van der Waals surface area contributed by atoms with Crippen LogP contribution in [-0.2, 0) is 25.4 Å². The number of carbonyl (C=O) groups is 1. The summed E-state index contributed by atoms with van der Waals surface area (Å²) in [6, 6.07) is 9.53. The van der Waals surface area contributed by atoms with Crippen molar-refractivity contribution in [3.63, 3.8) is 0 Å². The highest BCUT2D eigenvalue weighted by molar-refractivity contribution is 5.47. The normalized spacial score (nSPS) is 33.6. The van der Waals surface area contributed by atoms with Crippen molar-refractivity contribution in [3.8, 4) is 0 Å². The zero-order chi connectivity index (χ0) is 14.1. The van der Waals surface area contributed by atoms with E-state index in [9.17, 15) is 4.79 Å². The van der Waals surface area contributed by atoms with Gasteiger partial charge in [0, 0.05) is 11.8 Å². The van der Waals surface area contributed by atoms with E-state index in [0.717, 1.165) is 5.56 Å². The largest absolute Gasteiger partial charge is 0.348 e. The first-order chi connectivity index (χ1) is 9.66. The second kappa shape index (κ2) is 5.16. The number of hydrogen-bond acceptors (Lipinski definition) is 4. The summed E-state index contributed by atoms with van der Waals surface area (Å²) >= 11 is 0. The molecule has 0 spiro atoms. The van der Waals surface area contributed by atoms with Crippen LogP contribution in [-0.4, -0.2) is 38.2 Å². The van der Waals surface area contributed by atoms with Crippen molar-refractivity contribution in [1.82, 2.24) is 5.32 Å². The van der Waals surface area contributed by atoms with Crippen LogP contribution in [0.15, 0.2) is 30.3 Å². The Morgan fingerprint density at radius 1 is 1.20 bits per heavy atom. The van der Waals surface area contributed by atoms with Gasteiger partial charge in [0.2, 0.25) is 6.41 Å². The van der Waals surface area contributed by atoms with Gasteiger partial charge in [-0.3, -0.25) is 4.79 Å². The van der Waals surface area contributed by atoms with Gasteiger partial charge >= 0.3 is 5.97 Å². The zero-order valence-electron chi connectivity index (χ0n) is 11.5. The monoisotopic (exact) mass is 277 g/mol. The van der Waals surface area contributed by atoms with E-state index >= 15 is 0 Å². The number of benzene rings is 1. The van der Waals surface area contributed by atoms with Crippen molar-refractivity contribution in [2.24, 2.45) is 5.41 Å². The molecule has 20 heavy (non-hydrogen) atoms. The molecule has 1 aromatic carbocycles. The van der Waals surface area contributed by atoms with E-state index < -0.39 is 5.97 Å². The van der Waals surface area contributed by atoms with E-state index in [-0.39, 0.29) is 11.5 Å². The van der Waals surface area contributed by atoms with E-state index in [1.54, 1.807) is 0 Å². The van der Waals surface area contributed by atoms with Crippen molar-refractivity contribution >= 4 is 6.41 Å². The third kappa shape index (κ3) is 2.44. The maximum atomic E-state index is 10.9. The summed E-state index contributed by atoms with van der Waals surface area (Å²) in [5.41, 5.74) is 1.01. The smallest absolute Gasteiger partial charge is 0.304 e. The molecule has 0 aromatic heterocycles. The molecule has 5 nitrogen and oxygen atoms in total. The van der Waals surface area contributed by atoms with Gasteiger partial charge in [0.05, 0.1) is 19.8 Å². The minimum Gasteiger partial charge on any atom is -0.348 e. The van der Waals surface area contributed by atoms with Gasteiger partial charge in [0.15, 0.2) is 0 Å². The van der Waals surface area contributed by atoms with E-state index in [4.69, 9.17) is 14.2 Å². The number of rotatable bonds is 5. The van der Waals surface area contributed by atoms with Crippen LogP contribution in [0, 0.1) is 5.41 Å². The molecule has 1 atom stereocenters. The molecule has 3 heterocycles. The molecule has 2 bridgehead atoms. The molecule has 3 aliphatic heterocycles. The van der Waals surface area contributed by atoms with Gasteiger partial charge < -0.3 is 19.5 Å². The van der Waals surface area contributed by atoms with E-state index in [2.05, 4.69) is 12.2 Å². The number of fused-ring (bicyclic) bond motifs is 3. The fourth-order valence-electron chi connectivity index (χ4n) is 2.59. The molecule has 0 unspecified atom stereocenters. The highest BCUT2D eigenvalue weighted by Gasteiger charge is 2.54. The summed E-state index contributed by atoms with van der Waals surface area (Å²) in [6.07, 6.45) is 1.26. The topological polar surface area (TPSA) is 56.8 Å². The minimum absolute atomic E-state index is 0.0831. The summed E-state index contributed by atoms with van der Waals surface area (Å²) in [5, 5.41) is 2.77. The molecule has 1 amide bonds.